The number of ether oxygens (including phenoxy) is 1. The van der Waals surface area contributed by atoms with Gasteiger partial charge in [0.25, 0.3) is 0 Å². The largest absolute Gasteiger partial charge is 0.385 e. The lowest BCUT2D eigenvalue weighted by Crippen LogP contribution is -2.52. The highest BCUT2D eigenvalue weighted by atomic mass is 32.1. The zero-order chi connectivity index (χ0) is 17.5. The minimum absolute atomic E-state index is 0.384. The summed E-state index contributed by atoms with van der Waals surface area (Å²) in [7, 11) is 1.80. The molecule has 1 aromatic rings. The fourth-order valence-corrected chi connectivity index (χ4v) is 4.52. The van der Waals surface area contributed by atoms with Gasteiger partial charge in [0, 0.05) is 53.0 Å². The van der Waals surface area contributed by atoms with Crippen LogP contribution in [0.15, 0.2) is 22.5 Å². The maximum absolute atomic E-state index is 5.31. The molecule has 3 rings (SSSR count). The lowest BCUT2D eigenvalue weighted by molar-refractivity contribution is 0.0776. The van der Waals surface area contributed by atoms with E-state index < -0.39 is 0 Å². The van der Waals surface area contributed by atoms with Gasteiger partial charge in [0.05, 0.1) is 5.00 Å². The standard InChI is InChI=1S/C19H32N4OS/c1-3-20-18(21-16-19(7-5-8-19)9-14-24-2)23-12-10-22(11-13-23)17-6-4-15-25-17/h4,6,15H,3,5,7-14,16H2,1-2H3,(H,20,21). The van der Waals surface area contributed by atoms with Crippen molar-refractivity contribution in [1.29, 1.82) is 0 Å². The molecule has 0 radical (unpaired) electrons. The minimum Gasteiger partial charge on any atom is -0.385 e. The zero-order valence-electron chi connectivity index (χ0n) is 15.7. The highest BCUT2D eigenvalue weighted by Gasteiger charge is 2.36. The number of piperazine rings is 1. The molecule has 25 heavy (non-hydrogen) atoms. The van der Waals surface area contributed by atoms with E-state index in [1.54, 1.807) is 7.11 Å². The van der Waals surface area contributed by atoms with Gasteiger partial charge in [0.2, 0.25) is 0 Å². The van der Waals surface area contributed by atoms with Crippen LogP contribution in [0.5, 0.6) is 0 Å². The van der Waals surface area contributed by atoms with Crippen molar-refractivity contribution >= 4 is 22.3 Å². The van der Waals surface area contributed by atoms with Gasteiger partial charge in [-0.2, -0.15) is 0 Å². The van der Waals surface area contributed by atoms with Crippen LogP contribution < -0.4 is 10.2 Å². The number of thiophene rings is 1. The number of aliphatic imine (C=N–C) groups is 1. The van der Waals surface area contributed by atoms with Crippen LogP contribution in [0.2, 0.25) is 0 Å². The molecule has 1 aliphatic carbocycles. The Labute approximate surface area is 156 Å². The van der Waals surface area contributed by atoms with E-state index in [9.17, 15) is 0 Å². The Morgan fingerprint density at radius 1 is 1.32 bits per heavy atom. The third kappa shape index (κ3) is 4.67. The Balaban J connectivity index is 1.57. The van der Waals surface area contributed by atoms with Crippen LogP contribution in [-0.4, -0.2) is 63.8 Å². The molecule has 0 atom stereocenters. The van der Waals surface area contributed by atoms with Gasteiger partial charge in [-0.1, -0.05) is 6.42 Å². The van der Waals surface area contributed by atoms with E-state index in [4.69, 9.17) is 9.73 Å². The summed E-state index contributed by atoms with van der Waals surface area (Å²) in [5, 5.41) is 7.05. The summed E-state index contributed by atoms with van der Waals surface area (Å²) < 4.78 is 5.31. The number of rotatable bonds is 7. The summed E-state index contributed by atoms with van der Waals surface area (Å²) in [5.41, 5.74) is 0.384. The van der Waals surface area contributed by atoms with Crippen LogP contribution >= 0.6 is 11.3 Å². The van der Waals surface area contributed by atoms with Crippen molar-refractivity contribution in [3.05, 3.63) is 17.5 Å². The third-order valence-electron chi connectivity index (χ3n) is 5.55. The molecule has 1 aromatic heterocycles. The molecule has 2 fully saturated rings. The summed E-state index contributed by atoms with van der Waals surface area (Å²) in [4.78, 5) is 9.94. The van der Waals surface area contributed by atoms with E-state index in [1.807, 2.05) is 11.3 Å². The van der Waals surface area contributed by atoms with Crippen molar-refractivity contribution in [3.8, 4) is 0 Å². The van der Waals surface area contributed by atoms with Crippen molar-refractivity contribution in [2.45, 2.75) is 32.6 Å². The average Bonchev–Trinajstić information content (AvgIpc) is 3.14. The van der Waals surface area contributed by atoms with Crippen molar-refractivity contribution < 1.29 is 4.74 Å². The molecule has 2 heterocycles. The molecule has 1 saturated carbocycles. The van der Waals surface area contributed by atoms with Crippen LogP contribution in [0.4, 0.5) is 5.00 Å². The van der Waals surface area contributed by atoms with E-state index in [2.05, 4.69) is 39.6 Å². The van der Waals surface area contributed by atoms with Crippen LogP contribution in [0.3, 0.4) is 0 Å². The zero-order valence-corrected chi connectivity index (χ0v) is 16.5. The number of nitrogens with zero attached hydrogens (tertiary/aromatic N) is 3. The number of guanidine groups is 1. The average molecular weight is 365 g/mol. The molecule has 0 aromatic carbocycles. The van der Waals surface area contributed by atoms with Gasteiger partial charge < -0.3 is 19.9 Å². The molecule has 0 bridgehead atoms. The first-order valence-corrected chi connectivity index (χ1v) is 10.4. The predicted octanol–water partition coefficient (Wildman–Crippen LogP) is 3.04. The van der Waals surface area contributed by atoms with Crippen LogP contribution in [0.25, 0.3) is 0 Å². The molecule has 0 unspecified atom stereocenters. The fourth-order valence-electron chi connectivity index (χ4n) is 3.74. The second-order valence-electron chi connectivity index (χ2n) is 7.19. The number of hydrogen-bond acceptors (Lipinski definition) is 4. The molecule has 0 spiro atoms. The molecule has 0 amide bonds. The van der Waals surface area contributed by atoms with Gasteiger partial charge in [-0.15, -0.1) is 11.3 Å². The van der Waals surface area contributed by atoms with E-state index >= 15 is 0 Å². The van der Waals surface area contributed by atoms with Gasteiger partial charge in [0.1, 0.15) is 0 Å². The quantitative estimate of drug-likeness (QED) is 0.596. The van der Waals surface area contributed by atoms with Gasteiger partial charge >= 0.3 is 0 Å². The normalized spacial score (nSPS) is 20.5. The molecular formula is C19H32N4OS. The van der Waals surface area contributed by atoms with Crippen molar-refractivity contribution in [3.63, 3.8) is 0 Å². The minimum atomic E-state index is 0.384. The summed E-state index contributed by atoms with van der Waals surface area (Å²) in [6, 6.07) is 4.35. The van der Waals surface area contributed by atoms with Crippen molar-refractivity contribution in [1.82, 2.24) is 10.2 Å². The Kier molecular flexibility index (Phi) is 6.59. The number of anilines is 1. The smallest absolute Gasteiger partial charge is 0.194 e. The molecule has 1 saturated heterocycles. The second kappa shape index (κ2) is 8.90. The molecule has 140 valence electrons. The monoisotopic (exact) mass is 364 g/mol. The van der Waals surface area contributed by atoms with E-state index in [0.29, 0.717) is 5.41 Å². The second-order valence-corrected chi connectivity index (χ2v) is 8.12. The van der Waals surface area contributed by atoms with E-state index in [1.165, 1.54) is 24.3 Å². The van der Waals surface area contributed by atoms with Crippen molar-refractivity contribution in [2.75, 3.05) is 57.9 Å². The molecule has 1 aliphatic heterocycles. The Hall–Kier alpha value is -1.27. The first-order valence-electron chi connectivity index (χ1n) is 9.57. The van der Waals surface area contributed by atoms with Gasteiger partial charge in [0.15, 0.2) is 5.96 Å². The molecule has 5 nitrogen and oxygen atoms in total. The third-order valence-corrected chi connectivity index (χ3v) is 6.48. The van der Waals surface area contributed by atoms with Gasteiger partial charge in [-0.3, -0.25) is 4.99 Å². The Morgan fingerprint density at radius 2 is 2.12 bits per heavy atom. The van der Waals surface area contributed by atoms with E-state index in [-0.39, 0.29) is 0 Å². The molecular weight excluding hydrogens is 332 g/mol. The number of hydrogen-bond donors (Lipinski definition) is 1. The van der Waals surface area contributed by atoms with Gasteiger partial charge in [-0.25, -0.2) is 0 Å². The Morgan fingerprint density at radius 3 is 2.68 bits per heavy atom. The summed E-state index contributed by atoms with van der Waals surface area (Å²) >= 11 is 1.83. The maximum atomic E-state index is 5.31. The highest BCUT2D eigenvalue weighted by molar-refractivity contribution is 7.14. The lowest BCUT2D eigenvalue weighted by atomic mass is 9.67. The van der Waals surface area contributed by atoms with Gasteiger partial charge in [-0.05, 0) is 49.1 Å². The van der Waals surface area contributed by atoms with Crippen molar-refractivity contribution in [2.24, 2.45) is 10.4 Å². The van der Waals surface area contributed by atoms with Crippen LogP contribution in [-0.2, 0) is 4.74 Å². The first kappa shape index (κ1) is 18.5. The first-order chi connectivity index (χ1) is 12.3. The number of methoxy groups -OCH3 is 1. The highest BCUT2D eigenvalue weighted by Crippen LogP contribution is 2.44. The SMILES string of the molecule is CCNC(=NCC1(CCOC)CCC1)N1CCN(c2cccs2)CC1. The Bertz CT molecular complexity index is 534. The van der Waals surface area contributed by atoms with E-state index in [0.717, 1.165) is 58.3 Å². The van der Waals surface area contributed by atoms with Crippen LogP contribution in [0.1, 0.15) is 32.6 Å². The van der Waals surface area contributed by atoms with Crippen LogP contribution in [0, 0.1) is 5.41 Å². The number of nitrogens with one attached hydrogen (secondary N) is 1. The summed E-state index contributed by atoms with van der Waals surface area (Å²) in [6.07, 6.45) is 5.07. The summed E-state index contributed by atoms with van der Waals surface area (Å²) in [5.74, 6) is 1.09. The molecule has 1 N–H and O–H groups in total. The molecule has 2 aliphatic rings. The maximum Gasteiger partial charge on any atom is 0.194 e. The lowest BCUT2D eigenvalue weighted by Gasteiger charge is -2.42. The molecule has 6 heteroatoms. The predicted molar refractivity (Wildman–Crippen MR) is 107 cm³/mol. The summed E-state index contributed by atoms with van der Waals surface area (Å²) in [6.45, 7) is 9.08. The topological polar surface area (TPSA) is 40.1 Å². The fraction of sp³-hybridized carbons (Fsp3) is 0.737.